The number of aryl methyl sites for hydroxylation is 1. The van der Waals surface area contributed by atoms with Crippen molar-refractivity contribution in [2.45, 2.75) is 34.1 Å². The Morgan fingerprint density at radius 3 is 2.48 bits per heavy atom. The molecule has 0 bridgehead atoms. The first-order valence-corrected chi connectivity index (χ1v) is 6.91. The largest absolute Gasteiger partial charge is 0.480 e. The number of esters is 1. The number of carbonyl (C=O) groups is 2. The zero-order valence-electron chi connectivity index (χ0n) is 12.8. The average Bonchev–Trinajstić information content (AvgIpc) is 2.39. The third-order valence-electron chi connectivity index (χ3n) is 3.79. The second-order valence-corrected chi connectivity index (χ2v) is 5.40. The summed E-state index contributed by atoms with van der Waals surface area (Å²) in [5.74, 6) is -2.98. The quantitative estimate of drug-likeness (QED) is 0.647. The summed E-state index contributed by atoms with van der Waals surface area (Å²) < 4.78 is 18.4. The first-order chi connectivity index (χ1) is 9.75. The minimum absolute atomic E-state index is 0.0948. The number of rotatable bonds is 6. The molecule has 1 aromatic carbocycles. The van der Waals surface area contributed by atoms with E-state index in [0.717, 1.165) is 5.56 Å². The highest BCUT2D eigenvalue weighted by Crippen LogP contribution is 2.35. The predicted molar refractivity (Wildman–Crippen MR) is 76.4 cm³/mol. The van der Waals surface area contributed by atoms with Gasteiger partial charge in [0.1, 0.15) is 5.82 Å². The average molecular weight is 296 g/mol. The molecule has 4 nitrogen and oxygen atoms in total. The highest BCUT2D eigenvalue weighted by Gasteiger charge is 2.50. The van der Waals surface area contributed by atoms with Crippen molar-refractivity contribution in [1.82, 2.24) is 0 Å². The van der Waals surface area contributed by atoms with Gasteiger partial charge in [0.25, 0.3) is 0 Å². The maximum atomic E-state index is 13.4. The van der Waals surface area contributed by atoms with Gasteiger partial charge in [0.2, 0.25) is 0 Å². The number of ether oxygens (including phenoxy) is 1. The van der Waals surface area contributed by atoms with Crippen LogP contribution in [0.25, 0.3) is 0 Å². The molecule has 1 atom stereocenters. The van der Waals surface area contributed by atoms with Gasteiger partial charge in [-0.3, -0.25) is 9.59 Å². The molecule has 1 aromatic rings. The Bertz CT molecular complexity index is 539. The molecule has 0 spiro atoms. The third kappa shape index (κ3) is 3.40. The summed E-state index contributed by atoms with van der Waals surface area (Å²) in [6.45, 7) is 6.78. The van der Waals surface area contributed by atoms with Crippen LogP contribution in [0.2, 0.25) is 0 Å². The summed E-state index contributed by atoms with van der Waals surface area (Å²) in [6.07, 6.45) is -0.0948. The molecule has 0 heterocycles. The van der Waals surface area contributed by atoms with E-state index in [2.05, 4.69) is 0 Å². The summed E-state index contributed by atoms with van der Waals surface area (Å²) in [5, 5.41) is 9.62. The van der Waals surface area contributed by atoms with Gasteiger partial charge in [-0.1, -0.05) is 19.9 Å². The van der Waals surface area contributed by atoms with Crippen molar-refractivity contribution in [2.24, 2.45) is 11.3 Å². The Balaban J connectivity index is 3.33. The zero-order chi connectivity index (χ0) is 16.2. The molecular weight excluding hydrogens is 275 g/mol. The van der Waals surface area contributed by atoms with Gasteiger partial charge in [0.15, 0.2) is 5.41 Å². The van der Waals surface area contributed by atoms with Crippen LogP contribution in [-0.2, 0) is 20.7 Å². The van der Waals surface area contributed by atoms with Crippen molar-refractivity contribution in [3.05, 3.63) is 35.1 Å². The van der Waals surface area contributed by atoms with E-state index < -0.39 is 29.1 Å². The second kappa shape index (κ2) is 6.70. The molecule has 0 amide bonds. The minimum Gasteiger partial charge on any atom is -0.480 e. The summed E-state index contributed by atoms with van der Waals surface area (Å²) >= 11 is 0. The molecule has 0 aromatic heterocycles. The lowest BCUT2D eigenvalue weighted by atomic mass is 9.72. The molecule has 1 rings (SSSR count). The van der Waals surface area contributed by atoms with E-state index in [-0.39, 0.29) is 13.0 Å². The first-order valence-electron chi connectivity index (χ1n) is 6.91. The lowest BCUT2D eigenvalue weighted by Crippen LogP contribution is -2.47. The van der Waals surface area contributed by atoms with Crippen LogP contribution in [0.3, 0.4) is 0 Å². The van der Waals surface area contributed by atoms with E-state index in [1.807, 2.05) is 0 Å². The molecule has 5 heteroatoms. The van der Waals surface area contributed by atoms with Crippen molar-refractivity contribution in [1.29, 1.82) is 0 Å². The van der Waals surface area contributed by atoms with E-state index in [9.17, 15) is 19.1 Å². The van der Waals surface area contributed by atoms with E-state index in [0.29, 0.717) is 5.56 Å². The number of hydrogen-bond acceptors (Lipinski definition) is 3. The van der Waals surface area contributed by atoms with Gasteiger partial charge in [-0.2, -0.15) is 0 Å². The minimum atomic E-state index is -1.71. The highest BCUT2D eigenvalue weighted by atomic mass is 19.1. The van der Waals surface area contributed by atoms with Crippen LogP contribution in [0.15, 0.2) is 18.2 Å². The molecule has 0 fully saturated rings. The van der Waals surface area contributed by atoms with Gasteiger partial charge in [-0.15, -0.1) is 0 Å². The maximum Gasteiger partial charge on any atom is 0.324 e. The van der Waals surface area contributed by atoms with Crippen LogP contribution in [-0.4, -0.2) is 23.7 Å². The van der Waals surface area contributed by atoms with Gasteiger partial charge in [-0.05, 0) is 49.4 Å². The summed E-state index contributed by atoms with van der Waals surface area (Å²) in [5.41, 5.74) is -0.472. The van der Waals surface area contributed by atoms with Gasteiger partial charge in [0, 0.05) is 0 Å². The number of aliphatic carboxylic acids is 1. The fourth-order valence-corrected chi connectivity index (χ4v) is 2.31. The van der Waals surface area contributed by atoms with E-state index in [1.165, 1.54) is 12.1 Å². The molecule has 1 N–H and O–H groups in total. The van der Waals surface area contributed by atoms with Crippen LogP contribution in [0.5, 0.6) is 0 Å². The van der Waals surface area contributed by atoms with E-state index in [1.54, 1.807) is 33.8 Å². The van der Waals surface area contributed by atoms with Crippen molar-refractivity contribution in [2.75, 3.05) is 6.61 Å². The number of benzene rings is 1. The van der Waals surface area contributed by atoms with Crippen molar-refractivity contribution >= 4 is 11.9 Å². The molecule has 21 heavy (non-hydrogen) atoms. The Kier molecular flexibility index (Phi) is 5.47. The number of carboxylic acid groups (broad SMARTS) is 1. The summed E-state index contributed by atoms with van der Waals surface area (Å²) in [6, 6.07) is 4.15. The van der Waals surface area contributed by atoms with Crippen LogP contribution in [0.4, 0.5) is 4.39 Å². The molecule has 0 aliphatic heterocycles. The van der Waals surface area contributed by atoms with E-state index in [4.69, 9.17) is 4.74 Å². The Morgan fingerprint density at radius 2 is 2.00 bits per heavy atom. The smallest absolute Gasteiger partial charge is 0.324 e. The third-order valence-corrected chi connectivity index (χ3v) is 3.79. The molecule has 0 aliphatic carbocycles. The number of halogens is 1. The highest BCUT2D eigenvalue weighted by molar-refractivity contribution is 5.99. The standard InChI is InChI=1S/C16H21FO4/c1-5-21-15(20)16(10(2)3,14(18)19)9-12-8-13(17)7-6-11(12)4/h6-8,10H,5,9H2,1-4H3,(H,18,19). The molecule has 0 saturated heterocycles. The molecule has 0 radical (unpaired) electrons. The SMILES string of the molecule is CCOC(=O)C(Cc1cc(F)ccc1C)(C(=O)O)C(C)C. The van der Waals surface area contributed by atoms with Crippen LogP contribution >= 0.6 is 0 Å². The molecular formula is C16H21FO4. The fourth-order valence-electron chi connectivity index (χ4n) is 2.31. The Morgan fingerprint density at radius 1 is 1.38 bits per heavy atom. The second-order valence-electron chi connectivity index (χ2n) is 5.40. The molecule has 1 unspecified atom stereocenters. The van der Waals surface area contributed by atoms with Gasteiger partial charge >= 0.3 is 11.9 Å². The fraction of sp³-hybridized carbons (Fsp3) is 0.500. The van der Waals surface area contributed by atoms with Gasteiger partial charge < -0.3 is 9.84 Å². The zero-order valence-corrected chi connectivity index (χ0v) is 12.8. The number of carboxylic acids is 1. The number of carbonyl (C=O) groups excluding carboxylic acids is 1. The summed E-state index contributed by atoms with van der Waals surface area (Å²) in [4.78, 5) is 24.0. The lowest BCUT2D eigenvalue weighted by molar-refractivity contribution is -0.172. The predicted octanol–water partition coefficient (Wildman–Crippen LogP) is 2.97. The summed E-state index contributed by atoms with van der Waals surface area (Å²) in [7, 11) is 0. The lowest BCUT2D eigenvalue weighted by Gasteiger charge is -2.31. The van der Waals surface area contributed by atoms with Crippen LogP contribution in [0.1, 0.15) is 31.9 Å². The van der Waals surface area contributed by atoms with Crippen molar-refractivity contribution in [3.63, 3.8) is 0 Å². The monoisotopic (exact) mass is 296 g/mol. The Hall–Kier alpha value is -1.91. The maximum absolute atomic E-state index is 13.4. The molecule has 0 aliphatic rings. The molecule has 116 valence electrons. The molecule has 0 saturated carbocycles. The van der Waals surface area contributed by atoms with Crippen molar-refractivity contribution in [3.8, 4) is 0 Å². The van der Waals surface area contributed by atoms with Gasteiger partial charge in [0.05, 0.1) is 6.61 Å². The normalized spacial score (nSPS) is 13.8. The first kappa shape index (κ1) is 17.1. The van der Waals surface area contributed by atoms with Crippen LogP contribution in [0, 0.1) is 24.1 Å². The van der Waals surface area contributed by atoms with Crippen molar-refractivity contribution < 1.29 is 23.8 Å². The topological polar surface area (TPSA) is 63.6 Å². The van der Waals surface area contributed by atoms with Gasteiger partial charge in [-0.25, -0.2) is 4.39 Å². The Labute approximate surface area is 123 Å². The van der Waals surface area contributed by atoms with Crippen LogP contribution < -0.4 is 0 Å². The number of hydrogen-bond donors (Lipinski definition) is 1. The van der Waals surface area contributed by atoms with E-state index >= 15 is 0 Å².